The fourth-order valence-corrected chi connectivity index (χ4v) is 2.04. The average Bonchev–Trinajstić information content (AvgIpc) is 2.29. The molecule has 92 valence electrons. The molecule has 1 rings (SSSR count). The summed E-state index contributed by atoms with van der Waals surface area (Å²) in [5.74, 6) is -0.875. The van der Waals surface area contributed by atoms with Crippen LogP contribution >= 0.6 is 15.9 Å². The Kier molecular flexibility index (Phi) is 5.38. The summed E-state index contributed by atoms with van der Waals surface area (Å²) in [4.78, 5) is 10.6. The lowest BCUT2D eigenvalue weighted by atomic mass is 10.1. The minimum Gasteiger partial charge on any atom is -0.478 e. The molecule has 0 amide bonds. The van der Waals surface area contributed by atoms with Gasteiger partial charge in [0.25, 0.3) is 0 Å². The van der Waals surface area contributed by atoms with Crippen molar-refractivity contribution in [2.45, 2.75) is 19.9 Å². The summed E-state index contributed by atoms with van der Waals surface area (Å²) in [7, 11) is 0. The van der Waals surface area contributed by atoms with Crippen molar-refractivity contribution in [3.05, 3.63) is 46.0 Å². The van der Waals surface area contributed by atoms with Crippen LogP contribution in [0.5, 0.6) is 0 Å². The number of carboxylic acid groups (broad SMARTS) is 1. The Hall–Kier alpha value is -1.13. The van der Waals surface area contributed by atoms with Crippen LogP contribution in [0.25, 0.3) is 0 Å². The van der Waals surface area contributed by atoms with Gasteiger partial charge in [-0.15, -0.1) is 0 Å². The topological polar surface area (TPSA) is 49.3 Å². The summed E-state index contributed by atoms with van der Waals surface area (Å²) in [6.45, 7) is 4.18. The largest absolute Gasteiger partial charge is 0.478 e. The molecule has 3 nitrogen and oxygen atoms in total. The van der Waals surface area contributed by atoms with Crippen molar-refractivity contribution in [2.24, 2.45) is 0 Å². The first kappa shape index (κ1) is 13.9. The number of carboxylic acids is 1. The molecule has 2 N–H and O–H groups in total. The Morgan fingerprint density at radius 2 is 2.18 bits per heavy atom. The van der Waals surface area contributed by atoms with E-state index in [1.165, 1.54) is 0 Å². The van der Waals surface area contributed by atoms with Gasteiger partial charge < -0.3 is 10.4 Å². The molecular formula is C13H16BrNO2. The van der Waals surface area contributed by atoms with Gasteiger partial charge in [-0.2, -0.15) is 0 Å². The third kappa shape index (κ3) is 4.32. The fourth-order valence-electron chi connectivity index (χ4n) is 1.41. The van der Waals surface area contributed by atoms with E-state index in [0.29, 0.717) is 12.1 Å². The van der Waals surface area contributed by atoms with Crippen molar-refractivity contribution in [1.82, 2.24) is 5.32 Å². The maximum absolute atomic E-state index is 10.6. The van der Waals surface area contributed by atoms with Crippen LogP contribution in [0.4, 0.5) is 0 Å². The van der Waals surface area contributed by atoms with Crippen LogP contribution in [0.2, 0.25) is 0 Å². The summed E-state index contributed by atoms with van der Waals surface area (Å²) < 4.78 is 1.05. The molecule has 0 radical (unpaired) electrons. The molecule has 0 bridgehead atoms. The number of hydrogen-bond acceptors (Lipinski definition) is 2. The quantitative estimate of drug-likeness (QED) is 0.821. The second-order valence-corrected chi connectivity index (χ2v) is 4.70. The molecule has 0 aliphatic carbocycles. The van der Waals surface area contributed by atoms with Gasteiger partial charge in [0.2, 0.25) is 0 Å². The maximum Gasteiger partial charge on any atom is 0.330 e. The second kappa shape index (κ2) is 6.57. The summed E-state index contributed by atoms with van der Waals surface area (Å²) in [5.41, 5.74) is 1.52. The van der Waals surface area contributed by atoms with Crippen molar-refractivity contribution in [3.8, 4) is 0 Å². The van der Waals surface area contributed by atoms with Crippen LogP contribution in [0.1, 0.15) is 25.5 Å². The minimum atomic E-state index is -0.875. The average molecular weight is 298 g/mol. The van der Waals surface area contributed by atoms with E-state index in [4.69, 9.17) is 5.11 Å². The zero-order chi connectivity index (χ0) is 12.8. The van der Waals surface area contributed by atoms with Crippen molar-refractivity contribution >= 4 is 21.9 Å². The van der Waals surface area contributed by atoms with Gasteiger partial charge in [0.05, 0.1) is 0 Å². The lowest BCUT2D eigenvalue weighted by Gasteiger charge is -2.14. The van der Waals surface area contributed by atoms with Gasteiger partial charge in [0, 0.05) is 22.6 Å². The van der Waals surface area contributed by atoms with E-state index in [1.807, 2.05) is 31.2 Å². The number of rotatable bonds is 5. The van der Waals surface area contributed by atoms with Gasteiger partial charge in [-0.05, 0) is 25.5 Å². The van der Waals surface area contributed by atoms with Crippen molar-refractivity contribution < 1.29 is 9.90 Å². The molecule has 0 saturated carbocycles. The molecule has 0 unspecified atom stereocenters. The highest BCUT2D eigenvalue weighted by molar-refractivity contribution is 9.10. The van der Waals surface area contributed by atoms with E-state index in [2.05, 4.69) is 21.2 Å². The van der Waals surface area contributed by atoms with Crippen LogP contribution < -0.4 is 5.32 Å². The van der Waals surface area contributed by atoms with Crippen molar-refractivity contribution in [3.63, 3.8) is 0 Å². The third-order valence-electron chi connectivity index (χ3n) is 2.54. The maximum atomic E-state index is 10.6. The molecule has 0 spiro atoms. The molecule has 0 fully saturated rings. The van der Waals surface area contributed by atoms with E-state index in [-0.39, 0.29) is 6.04 Å². The van der Waals surface area contributed by atoms with Gasteiger partial charge in [0.1, 0.15) is 0 Å². The summed E-state index contributed by atoms with van der Waals surface area (Å²) >= 11 is 3.49. The smallest absolute Gasteiger partial charge is 0.330 e. The van der Waals surface area contributed by atoms with Gasteiger partial charge in [-0.25, -0.2) is 4.79 Å². The van der Waals surface area contributed by atoms with Crippen LogP contribution in [0.15, 0.2) is 40.4 Å². The van der Waals surface area contributed by atoms with Gasteiger partial charge in [-0.3, -0.25) is 0 Å². The Labute approximate surface area is 110 Å². The van der Waals surface area contributed by atoms with E-state index in [0.717, 1.165) is 10.0 Å². The lowest BCUT2D eigenvalue weighted by Crippen LogP contribution is -2.19. The van der Waals surface area contributed by atoms with E-state index >= 15 is 0 Å². The van der Waals surface area contributed by atoms with Gasteiger partial charge >= 0.3 is 5.97 Å². The third-order valence-corrected chi connectivity index (χ3v) is 3.26. The molecule has 1 aromatic rings. The molecule has 1 atom stereocenters. The molecule has 0 aromatic heterocycles. The summed E-state index contributed by atoms with van der Waals surface area (Å²) in [6.07, 6.45) is 1.68. The number of nitrogens with one attached hydrogen (secondary N) is 1. The van der Waals surface area contributed by atoms with Crippen molar-refractivity contribution in [2.75, 3.05) is 6.54 Å². The van der Waals surface area contributed by atoms with Crippen LogP contribution in [-0.4, -0.2) is 17.6 Å². The predicted octanol–water partition coefficient (Wildman–Crippen LogP) is 3.13. The summed E-state index contributed by atoms with van der Waals surface area (Å²) in [6, 6.07) is 8.15. The van der Waals surface area contributed by atoms with E-state index in [9.17, 15) is 4.79 Å². The lowest BCUT2D eigenvalue weighted by molar-refractivity contribution is -0.132. The first-order chi connectivity index (χ1) is 8.02. The molecule has 0 saturated heterocycles. The van der Waals surface area contributed by atoms with E-state index in [1.54, 1.807) is 13.0 Å². The monoisotopic (exact) mass is 297 g/mol. The van der Waals surface area contributed by atoms with Crippen molar-refractivity contribution in [1.29, 1.82) is 0 Å². The Morgan fingerprint density at radius 3 is 2.76 bits per heavy atom. The van der Waals surface area contributed by atoms with Crippen LogP contribution in [-0.2, 0) is 4.79 Å². The standard InChI is InChI=1S/C13H16BrNO2/c1-9(13(16)17)7-8-15-10(2)11-5-3-4-6-12(11)14/h3-7,10,15H,8H2,1-2H3,(H,16,17)/b9-7-/t10-/m0/s1. The molecular weight excluding hydrogens is 282 g/mol. The highest BCUT2D eigenvalue weighted by Crippen LogP contribution is 2.22. The highest BCUT2D eigenvalue weighted by Gasteiger charge is 2.07. The number of benzene rings is 1. The Balaban J connectivity index is 2.57. The van der Waals surface area contributed by atoms with Gasteiger partial charge in [-0.1, -0.05) is 40.2 Å². The highest BCUT2D eigenvalue weighted by atomic mass is 79.9. The van der Waals surface area contributed by atoms with Gasteiger partial charge in [0.15, 0.2) is 0 Å². The van der Waals surface area contributed by atoms with Crippen LogP contribution in [0, 0.1) is 0 Å². The number of halogens is 1. The SMILES string of the molecule is C/C(=C/CN[C@@H](C)c1ccccc1Br)C(=O)O. The predicted molar refractivity (Wildman–Crippen MR) is 72.0 cm³/mol. The fraction of sp³-hybridized carbons (Fsp3) is 0.308. The number of carbonyl (C=O) groups is 1. The molecule has 0 aliphatic heterocycles. The number of hydrogen-bond donors (Lipinski definition) is 2. The first-order valence-electron chi connectivity index (χ1n) is 5.40. The molecule has 0 aliphatic rings. The molecule has 1 aromatic carbocycles. The zero-order valence-electron chi connectivity index (χ0n) is 9.90. The molecule has 0 heterocycles. The number of aliphatic carboxylic acids is 1. The Morgan fingerprint density at radius 1 is 1.53 bits per heavy atom. The second-order valence-electron chi connectivity index (χ2n) is 3.84. The summed E-state index contributed by atoms with van der Waals surface area (Å²) in [5, 5.41) is 12.0. The van der Waals surface area contributed by atoms with E-state index < -0.39 is 5.97 Å². The zero-order valence-corrected chi connectivity index (χ0v) is 11.5. The molecule has 4 heteroatoms. The molecule has 17 heavy (non-hydrogen) atoms. The van der Waals surface area contributed by atoms with Crippen LogP contribution in [0.3, 0.4) is 0 Å². The first-order valence-corrected chi connectivity index (χ1v) is 6.19. The normalized spacial score (nSPS) is 13.5. The minimum absolute atomic E-state index is 0.170. The Bertz CT molecular complexity index is 429.